The third-order valence-electron chi connectivity index (χ3n) is 4.65. The van der Waals surface area contributed by atoms with Crippen molar-refractivity contribution in [3.8, 4) is 0 Å². The van der Waals surface area contributed by atoms with Crippen LogP contribution in [0.4, 0.5) is 4.39 Å². The van der Waals surface area contributed by atoms with Crippen molar-refractivity contribution >= 4 is 23.4 Å². The van der Waals surface area contributed by atoms with Crippen LogP contribution in [-0.2, 0) is 14.3 Å². The fourth-order valence-electron chi connectivity index (χ4n) is 3.25. The van der Waals surface area contributed by atoms with Crippen molar-refractivity contribution in [2.75, 3.05) is 20.3 Å². The second-order valence-electron chi connectivity index (χ2n) is 6.34. The van der Waals surface area contributed by atoms with Gasteiger partial charge in [-0.3, -0.25) is 9.59 Å². The highest BCUT2D eigenvalue weighted by Crippen LogP contribution is 2.39. The number of Topliss-reactive ketones (excluding diaryl/α,β-unsaturated/α-hetero) is 1. The molecule has 8 heteroatoms. The monoisotopic (exact) mass is 399 g/mol. The molecule has 0 aromatic heterocycles. The number of carbonyl (C=O) groups is 3. The normalized spacial score (nSPS) is 18.2. The van der Waals surface area contributed by atoms with E-state index in [1.54, 1.807) is 0 Å². The van der Waals surface area contributed by atoms with Crippen LogP contribution in [0.3, 0.4) is 0 Å². The first-order valence-corrected chi connectivity index (χ1v) is 8.72. The molecule has 0 bridgehead atoms. The third kappa shape index (κ3) is 3.74. The van der Waals surface area contributed by atoms with Crippen molar-refractivity contribution in [3.05, 3.63) is 76.6 Å². The van der Waals surface area contributed by atoms with Crippen molar-refractivity contribution in [2.24, 2.45) is 0 Å². The quantitative estimate of drug-likeness (QED) is 0.345. The first kappa shape index (κ1) is 20.2. The summed E-state index contributed by atoms with van der Waals surface area (Å²) < 4.78 is 17.9. The molecule has 2 N–H and O–H groups in total. The van der Waals surface area contributed by atoms with E-state index < -0.39 is 35.3 Å². The van der Waals surface area contributed by atoms with Gasteiger partial charge in [-0.05, 0) is 42.0 Å². The zero-order valence-corrected chi connectivity index (χ0v) is 15.5. The molecule has 0 radical (unpaired) electrons. The highest BCUT2D eigenvalue weighted by molar-refractivity contribution is 6.46. The molecule has 1 aliphatic heterocycles. The Morgan fingerprint density at radius 3 is 2.21 bits per heavy atom. The third-order valence-corrected chi connectivity index (χ3v) is 4.65. The van der Waals surface area contributed by atoms with Crippen LogP contribution < -0.4 is 0 Å². The Labute approximate surface area is 165 Å². The van der Waals surface area contributed by atoms with Gasteiger partial charge in [-0.25, -0.2) is 9.18 Å². The molecule has 1 saturated heterocycles. The number of halogens is 1. The molecule has 0 aliphatic carbocycles. The molecule has 0 spiro atoms. The number of aliphatic hydroxyl groups is 2. The van der Waals surface area contributed by atoms with Gasteiger partial charge in [-0.2, -0.15) is 0 Å². The van der Waals surface area contributed by atoms with Gasteiger partial charge in [0.2, 0.25) is 0 Å². The number of β-amino-alcohol motifs (C(OH)–C–C–N with tert-alkyl or cyclic N) is 1. The Hall–Kier alpha value is -3.52. The Bertz CT molecular complexity index is 981. The second kappa shape index (κ2) is 8.24. The van der Waals surface area contributed by atoms with Gasteiger partial charge >= 0.3 is 5.97 Å². The lowest BCUT2D eigenvalue weighted by Crippen LogP contribution is -2.32. The lowest BCUT2D eigenvalue weighted by atomic mass is 9.94. The molecule has 1 amide bonds. The summed E-state index contributed by atoms with van der Waals surface area (Å²) in [5.41, 5.74) is 0.716. The van der Waals surface area contributed by atoms with E-state index in [1.165, 1.54) is 43.5 Å². The molecular weight excluding hydrogens is 381 g/mol. The molecule has 1 aliphatic rings. The van der Waals surface area contributed by atoms with Gasteiger partial charge in [-0.1, -0.05) is 12.1 Å². The SMILES string of the molecule is COC(=O)c1ccc(C2/C(=C(/O)c3ccc(F)cc3)C(=O)C(=O)N2CCO)cc1. The minimum atomic E-state index is -0.973. The molecule has 1 fully saturated rings. The predicted molar refractivity (Wildman–Crippen MR) is 100 cm³/mol. The van der Waals surface area contributed by atoms with E-state index in [9.17, 15) is 29.0 Å². The van der Waals surface area contributed by atoms with Crippen LogP contribution in [-0.4, -0.2) is 53.0 Å². The first-order valence-electron chi connectivity index (χ1n) is 8.72. The van der Waals surface area contributed by atoms with Crippen molar-refractivity contribution < 1.29 is 33.7 Å². The molecule has 2 aromatic rings. The van der Waals surface area contributed by atoms with Crippen molar-refractivity contribution in [1.82, 2.24) is 4.90 Å². The average Bonchev–Trinajstić information content (AvgIpc) is 2.98. The standard InChI is InChI=1S/C21H18FNO6/c1-29-21(28)14-4-2-12(3-5-14)17-16(19(26)20(27)23(17)10-11-24)18(25)13-6-8-15(22)9-7-13/h2-9,17,24-25H,10-11H2,1H3/b18-16-. The zero-order chi connectivity index (χ0) is 21.1. The highest BCUT2D eigenvalue weighted by Gasteiger charge is 2.45. The predicted octanol–water partition coefficient (Wildman–Crippen LogP) is 2.03. The number of esters is 1. The second-order valence-corrected chi connectivity index (χ2v) is 6.34. The minimum absolute atomic E-state index is 0.131. The summed E-state index contributed by atoms with van der Waals surface area (Å²) in [6, 6.07) is 9.87. The van der Waals surface area contributed by atoms with Crippen LogP contribution in [0, 0.1) is 5.82 Å². The van der Waals surface area contributed by atoms with Crippen LogP contribution >= 0.6 is 0 Å². The summed E-state index contributed by atoms with van der Waals surface area (Å²) in [7, 11) is 1.25. The molecule has 150 valence electrons. The summed E-state index contributed by atoms with van der Waals surface area (Å²) in [4.78, 5) is 37.9. The van der Waals surface area contributed by atoms with Crippen LogP contribution in [0.15, 0.2) is 54.1 Å². The fourth-order valence-corrected chi connectivity index (χ4v) is 3.25. The lowest BCUT2D eigenvalue weighted by Gasteiger charge is -2.24. The minimum Gasteiger partial charge on any atom is -0.507 e. The topological polar surface area (TPSA) is 104 Å². The number of carbonyl (C=O) groups excluding carboxylic acids is 3. The Morgan fingerprint density at radius 2 is 1.66 bits per heavy atom. The number of hydrogen-bond acceptors (Lipinski definition) is 6. The maximum absolute atomic E-state index is 13.2. The van der Waals surface area contributed by atoms with Crippen molar-refractivity contribution in [1.29, 1.82) is 0 Å². The van der Waals surface area contributed by atoms with E-state index in [0.29, 0.717) is 5.56 Å². The highest BCUT2D eigenvalue weighted by atomic mass is 19.1. The largest absolute Gasteiger partial charge is 0.507 e. The summed E-state index contributed by atoms with van der Waals surface area (Å²) in [5.74, 6) is -3.30. The summed E-state index contributed by atoms with van der Waals surface area (Å²) in [6.07, 6.45) is 0. The number of methoxy groups -OCH3 is 1. The van der Waals surface area contributed by atoms with Gasteiger partial charge in [0.1, 0.15) is 11.6 Å². The number of aliphatic hydroxyl groups excluding tert-OH is 2. The number of hydrogen-bond donors (Lipinski definition) is 2. The molecule has 1 atom stereocenters. The number of likely N-dealkylation sites (tertiary alicyclic amines) is 1. The van der Waals surface area contributed by atoms with Crippen LogP contribution in [0.2, 0.25) is 0 Å². The Kier molecular flexibility index (Phi) is 5.74. The van der Waals surface area contributed by atoms with E-state index >= 15 is 0 Å². The van der Waals surface area contributed by atoms with E-state index in [4.69, 9.17) is 0 Å². The van der Waals surface area contributed by atoms with Gasteiger partial charge in [0.05, 0.1) is 30.9 Å². The van der Waals surface area contributed by atoms with Gasteiger partial charge in [0.15, 0.2) is 0 Å². The smallest absolute Gasteiger partial charge is 0.337 e. The summed E-state index contributed by atoms with van der Waals surface area (Å²) in [6.45, 7) is -0.519. The van der Waals surface area contributed by atoms with Crippen LogP contribution in [0.25, 0.3) is 5.76 Å². The molecule has 1 heterocycles. The molecule has 3 rings (SSSR count). The molecule has 0 saturated carbocycles. The van der Waals surface area contributed by atoms with Gasteiger partial charge < -0.3 is 19.8 Å². The van der Waals surface area contributed by atoms with Crippen molar-refractivity contribution in [3.63, 3.8) is 0 Å². The Balaban J connectivity index is 2.13. The first-order chi connectivity index (χ1) is 13.9. The summed E-state index contributed by atoms with van der Waals surface area (Å²) >= 11 is 0. The van der Waals surface area contributed by atoms with Gasteiger partial charge in [-0.15, -0.1) is 0 Å². The maximum atomic E-state index is 13.2. The van der Waals surface area contributed by atoms with E-state index in [0.717, 1.165) is 17.0 Å². The maximum Gasteiger partial charge on any atom is 0.337 e. The van der Waals surface area contributed by atoms with E-state index in [2.05, 4.69) is 4.74 Å². The number of ketones is 1. The van der Waals surface area contributed by atoms with Crippen LogP contribution in [0.1, 0.15) is 27.5 Å². The molecule has 2 aromatic carbocycles. The number of benzene rings is 2. The van der Waals surface area contributed by atoms with Gasteiger partial charge in [0.25, 0.3) is 11.7 Å². The van der Waals surface area contributed by atoms with Gasteiger partial charge in [0, 0.05) is 12.1 Å². The number of nitrogens with zero attached hydrogens (tertiary/aromatic N) is 1. The number of ether oxygens (including phenoxy) is 1. The van der Waals surface area contributed by atoms with Crippen LogP contribution in [0.5, 0.6) is 0 Å². The van der Waals surface area contributed by atoms with Crippen molar-refractivity contribution in [2.45, 2.75) is 6.04 Å². The fraction of sp³-hybridized carbons (Fsp3) is 0.190. The lowest BCUT2D eigenvalue weighted by molar-refractivity contribution is -0.140. The zero-order valence-electron chi connectivity index (χ0n) is 15.5. The molecule has 1 unspecified atom stereocenters. The van der Waals surface area contributed by atoms with E-state index in [1.807, 2.05) is 0 Å². The summed E-state index contributed by atoms with van der Waals surface area (Å²) in [5, 5.41) is 20.0. The molecule has 7 nitrogen and oxygen atoms in total. The average molecular weight is 399 g/mol. The number of rotatable bonds is 5. The van der Waals surface area contributed by atoms with E-state index in [-0.39, 0.29) is 29.9 Å². The number of amides is 1. The molecular formula is C21H18FNO6. The Morgan fingerprint density at radius 1 is 1.07 bits per heavy atom. The molecule has 29 heavy (non-hydrogen) atoms.